The van der Waals surface area contributed by atoms with E-state index in [2.05, 4.69) is 42.9 Å². The lowest BCUT2D eigenvalue weighted by molar-refractivity contribution is 0.160. The van der Waals surface area contributed by atoms with Crippen LogP contribution in [0.2, 0.25) is 0 Å². The van der Waals surface area contributed by atoms with Crippen LogP contribution >= 0.6 is 0 Å². The van der Waals surface area contributed by atoms with Gasteiger partial charge in [-0.2, -0.15) is 0 Å². The number of hydrogen-bond donors (Lipinski definition) is 0. The molecule has 0 aromatic rings. The van der Waals surface area contributed by atoms with E-state index >= 15 is 0 Å². The van der Waals surface area contributed by atoms with Gasteiger partial charge >= 0.3 is 0 Å². The predicted molar refractivity (Wildman–Crippen MR) is 145 cm³/mol. The highest BCUT2D eigenvalue weighted by molar-refractivity contribution is 5.17. The SMILES string of the molecule is C=C/C=C\C(=C)N1CCN(CCCCC)CC1.CC.CCC1=CCC2(CCCC2)CCC1. The number of piperazine rings is 1. The van der Waals surface area contributed by atoms with Crippen LogP contribution in [-0.4, -0.2) is 42.5 Å². The second-order valence-electron chi connectivity index (χ2n) is 9.60. The molecule has 0 unspecified atom stereocenters. The molecule has 32 heavy (non-hydrogen) atoms. The minimum atomic E-state index is 0.761. The van der Waals surface area contributed by atoms with Crippen molar-refractivity contribution in [3.63, 3.8) is 0 Å². The van der Waals surface area contributed by atoms with Crippen LogP contribution in [-0.2, 0) is 0 Å². The maximum Gasteiger partial charge on any atom is 0.0306 e. The molecule has 2 fully saturated rings. The van der Waals surface area contributed by atoms with Crippen molar-refractivity contribution in [3.05, 3.63) is 48.7 Å². The van der Waals surface area contributed by atoms with Crippen LogP contribution in [0.5, 0.6) is 0 Å². The minimum Gasteiger partial charge on any atom is -0.369 e. The van der Waals surface area contributed by atoms with E-state index in [1.807, 2.05) is 26.0 Å². The van der Waals surface area contributed by atoms with E-state index in [9.17, 15) is 0 Å². The van der Waals surface area contributed by atoms with E-state index in [4.69, 9.17) is 0 Å². The highest BCUT2D eigenvalue weighted by Crippen LogP contribution is 2.47. The third kappa shape index (κ3) is 10.6. The van der Waals surface area contributed by atoms with Crippen LogP contribution in [0.4, 0.5) is 0 Å². The maximum atomic E-state index is 4.09. The Kier molecular flexibility index (Phi) is 15.5. The second-order valence-corrected chi connectivity index (χ2v) is 9.60. The molecule has 2 heteroatoms. The lowest BCUT2D eigenvalue weighted by Gasteiger charge is -2.36. The Labute approximate surface area is 201 Å². The van der Waals surface area contributed by atoms with Crippen LogP contribution in [0.15, 0.2) is 48.7 Å². The van der Waals surface area contributed by atoms with Gasteiger partial charge < -0.3 is 4.90 Å². The van der Waals surface area contributed by atoms with Crippen LogP contribution < -0.4 is 0 Å². The van der Waals surface area contributed by atoms with Gasteiger partial charge in [-0.15, -0.1) is 0 Å². The first-order valence-electron chi connectivity index (χ1n) is 13.8. The van der Waals surface area contributed by atoms with Crippen molar-refractivity contribution in [2.45, 2.75) is 105 Å². The molecule has 1 heterocycles. The highest BCUT2D eigenvalue weighted by Gasteiger charge is 2.33. The number of unbranched alkanes of at least 4 members (excludes halogenated alkanes) is 2. The highest BCUT2D eigenvalue weighted by atomic mass is 15.3. The molecule has 0 atom stereocenters. The molecular formula is C30H54N2. The van der Waals surface area contributed by atoms with Crippen molar-refractivity contribution in [3.8, 4) is 0 Å². The third-order valence-corrected chi connectivity index (χ3v) is 7.43. The Bertz CT molecular complexity index is 557. The Morgan fingerprint density at radius 2 is 1.66 bits per heavy atom. The molecule has 1 aliphatic heterocycles. The molecule has 1 saturated heterocycles. The lowest BCUT2D eigenvalue weighted by Crippen LogP contribution is -2.45. The summed E-state index contributed by atoms with van der Waals surface area (Å²) >= 11 is 0. The van der Waals surface area contributed by atoms with E-state index in [0.29, 0.717) is 0 Å². The zero-order valence-corrected chi connectivity index (χ0v) is 22.1. The van der Waals surface area contributed by atoms with Crippen LogP contribution in [0.25, 0.3) is 0 Å². The molecule has 0 N–H and O–H groups in total. The molecule has 0 radical (unpaired) electrons. The van der Waals surface area contributed by atoms with Crippen LogP contribution in [0.3, 0.4) is 0 Å². The predicted octanol–water partition coefficient (Wildman–Crippen LogP) is 8.53. The molecule has 0 aromatic carbocycles. The van der Waals surface area contributed by atoms with E-state index in [1.165, 1.54) is 96.7 Å². The van der Waals surface area contributed by atoms with E-state index < -0.39 is 0 Å². The molecule has 1 spiro atoms. The zero-order chi connectivity index (χ0) is 23.7. The van der Waals surface area contributed by atoms with Gasteiger partial charge in [0.1, 0.15) is 0 Å². The second kappa shape index (κ2) is 17.2. The molecule has 3 aliphatic rings. The maximum absolute atomic E-state index is 4.09. The lowest BCUT2D eigenvalue weighted by atomic mass is 9.79. The summed E-state index contributed by atoms with van der Waals surface area (Å²) in [6.07, 6.45) is 25.4. The molecule has 0 aromatic heterocycles. The molecule has 0 bridgehead atoms. The van der Waals surface area contributed by atoms with Gasteiger partial charge in [-0.05, 0) is 69.4 Å². The van der Waals surface area contributed by atoms with Crippen LogP contribution in [0, 0.1) is 5.41 Å². The Morgan fingerprint density at radius 3 is 2.25 bits per heavy atom. The third-order valence-electron chi connectivity index (χ3n) is 7.43. The first-order chi connectivity index (χ1) is 15.6. The van der Waals surface area contributed by atoms with Crippen molar-refractivity contribution in [1.82, 2.24) is 9.80 Å². The van der Waals surface area contributed by atoms with Gasteiger partial charge in [0.15, 0.2) is 0 Å². The standard InChI is InChI=1S/C15H26N2.C13H22.C2H6/c1-4-6-8-10-16-11-13-17(14-12-16)15(3)9-7-5-2;1-2-12-6-5-10-13(11-7-12)8-3-4-9-13;1-2/h5,7,9H,2-4,6,8,10-14H2,1H3;7H,2-6,8-11H2,1H3;1-2H3/b9-7-;;. The summed E-state index contributed by atoms with van der Waals surface area (Å²) in [7, 11) is 0. The Morgan fingerprint density at radius 1 is 1.00 bits per heavy atom. The van der Waals surface area contributed by atoms with Gasteiger partial charge in [-0.3, -0.25) is 4.90 Å². The summed E-state index contributed by atoms with van der Waals surface area (Å²) in [6, 6.07) is 0. The van der Waals surface area contributed by atoms with Crippen molar-refractivity contribution in [1.29, 1.82) is 0 Å². The first-order valence-corrected chi connectivity index (χ1v) is 13.8. The number of allylic oxidation sites excluding steroid dienone is 5. The largest absolute Gasteiger partial charge is 0.369 e. The minimum absolute atomic E-state index is 0.761. The number of hydrogen-bond acceptors (Lipinski definition) is 2. The Balaban J connectivity index is 0.000000305. The average Bonchev–Trinajstić information content (AvgIpc) is 3.20. The van der Waals surface area contributed by atoms with Gasteiger partial charge in [0.05, 0.1) is 0 Å². The van der Waals surface area contributed by atoms with Crippen molar-refractivity contribution < 1.29 is 0 Å². The molecule has 2 aliphatic carbocycles. The van der Waals surface area contributed by atoms with Gasteiger partial charge in [-0.25, -0.2) is 0 Å². The fourth-order valence-electron chi connectivity index (χ4n) is 5.28. The summed E-state index contributed by atoms with van der Waals surface area (Å²) in [5.41, 5.74) is 3.60. The van der Waals surface area contributed by atoms with E-state index in [-0.39, 0.29) is 0 Å². The molecule has 2 nitrogen and oxygen atoms in total. The molecular weight excluding hydrogens is 388 g/mol. The summed E-state index contributed by atoms with van der Waals surface area (Å²) < 4.78 is 0. The molecule has 184 valence electrons. The fraction of sp³-hybridized carbons (Fsp3) is 0.733. The molecule has 1 saturated carbocycles. The van der Waals surface area contributed by atoms with Crippen molar-refractivity contribution in [2.24, 2.45) is 5.41 Å². The van der Waals surface area contributed by atoms with Gasteiger partial charge in [0, 0.05) is 31.9 Å². The number of nitrogens with zero attached hydrogens (tertiary/aromatic N) is 2. The van der Waals surface area contributed by atoms with E-state index in [0.717, 1.165) is 24.2 Å². The van der Waals surface area contributed by atoms with E-state index in [1.54, 1.807) is 11.6 Å². The van der Waals surface area contributed by atoms with Gasteiger partial charge in [-0.1, -0.05) is 90.3 Å². The van der Waals surface area contributed by atoms with Crippen molar-refractivity contribution >= 4 is 0 Å². The molecule has 3 rings (SSSR count). The van der Waals surface area contributed by atoms with Crippen molar-refractivity contribution in [2.75, 3.05) is 32.7 Å². The fourth-order valence-corrected chi connectivity index (χ4v) is 5.28. The average molecular weight is 443 g/mol. The summed E-state index contributed by atoms with van der Waals surface area (Å²) in [6.45, 7) is 22.1. The Hall–Kier alpha value is -1.28. The first kappa shape index (κ1) is 28.8. The van der Waals surface area contributed by atoms with Crippen LogP contribution in [0.1, 0.15) is 105 Å². The van der Waals surface area contributed by atoms with Gasteiger partial charge in [0.2, 0.25) is 0 Å². The smallest absolute Gasteiger partial charge is 0.0306 e. The summed E-state index contributed by atoms with van der Waals surface area (Å²) in [4.78, 5) is 4.92. The number of rotatable bonds is 8. The molecule has 0 amide bonds. The topological polar surface area (TPSA) is 6.48 Å². The summed E-state index contributed by atoms with van der Waals surface area (Å²) in [5.74, 6) is 0. The quantitative estimate of drug-likeness (QED) is 0.211. The normalized spacial score (nSPS) is 20.6. The summed E-state index contributed by atoms with van der Waals surface area (Å²) in [5, 5.41) is 0. The zero-order valence-electron chi connectivity index (χ0n) is 22.1. The monoisotopic (exact) mass is 442 g/mol. The van der Waals surface area contributed by atoms with Gasteiger partial charge in [0.25, 0.3) is 0 Å².